The van der Waals surface area contributed by atoms with Gasteiger partial charge in [0.05, 0.1) is 0 Å². The van der Waals surface area contributed by atoms with E-state index in [1.54, 1.807) is 0 Å². The van der Waals surface area contributed by atoms with Crippen LogP contribution in [0.2, 0.25) is 0 Å². The number of hydrogen-bond acceptors (Lipinski definition) is 0. The quantitative estimate of drug-likeness (QED) is 0.146. The summed E-state index contributed by atoms with van der Waals surface area (Å²) in [6.45, 7) is 0. The van der Waals surface area contributed by atoms with Gasteiger partial charge in [-0.1, -0.05) is 133 Å². The van der Waals surface area contributed by atoms with E-state index in [2.05, 4.69) is 224 Å². The van der Waals surface area contributed by atoms with Crippen LogP contribution in [0, 0.1) is 14.3 Å². The van der Waals surface area contributed by atoms with Gasteiger partial charge in [0.1, 0.15) is 0 Å². The Morgan fingerprint density at radius 3 is 0.976 bits per heavy atom. The normalized spacial score (nSPS) is 11.0. The molecule has 0 heterocycles. The molecule has 41 heavy (non-hydrogen) atoms. The van der Waals surface area contributed by atoms with Crippen LogP contribution in [-0.2, 0) is 6.42 Å². The summed E-state index contributed by atoms with van der Waals surface area (Å²) >= 11 is 10.1. The second-order valence-corrected chi connectivity index (χ2v) is 14.2. The molecule has 6 aromatic rings. The number of benzene rings is 6. The van der Waals surface area contributed by atoms with E-state index in [0.717, 1.165) is 6.42 Å². The summed E-state index contributed by atoms with van der Waals surface area (Å²) < 4.78 is 5.29. The van der Waals surface area contributed by atoms with Gasteiger partial charge in [0.2, 0.25) is 0 Å². The average Bonchev–Trinajstić information content (AvgIpc) is 3.03. The van der Waals surface area contributed by atoms with Crippen molar-refractivity contribution in [1.29, 1.82) is 0 Å². The second-order valence-electron chi connectivity index (χ2n) is 9.86. The highest BCUT2D eigenvalue weighted by Gasteiger charge is 2.15. The van der Waals surface area contributed by atoms with Crippen molar-refractivity contribution in [1.82, 2.24) is 0 Å². The van der Waals surface area contributed by atoms with Gasteiger partial charge in [-0.25, -0.2) is 0 Å². The Labute approximate surface area is 296 Å². The van der Waals surface area contributed by atoms with Gasteiger partial charge in [0, 0.05) is 14.3 Å². The van der Waals surface area contributed by atoms with Gasteiger partial charge in [-0.2, -0.15) is 0 Å². The molecule has 0 atom stereocenters. The predicted molar refractivity (Wildman–Crippen MR) is 208 cm³/mol. The summed E-state index contributed by atoms with van der Waals surface area (Å²) in [6.07, 6.45) is 0.920. The third kappa shape index (κ3) is 6.45. The van der Waals surface area contributed by atoms with Gasteiger partial charge in [0.25, 0.3) is 0 Å². The highest BCUT2D eigenvalue weighted by Crippen LogP contribution is 2.36. The Morgan fingerprint density at radius 2 is 0.610 bits per heavy atom. The first-order chi connectivity index (χ1) is 20.0. The molecule has 0 radical (unpaired) electrons. The molecule has 0 spiro atoms. The van der Waals surface area contributed by atoms with E-state index in [1.165, 1.54) is 69.9 Å². The fourth-order valence-corrected chi connectivity index (χ4v) is 8.05. The summed E-state index contributed by atoms with van der Waals surface area (Å²) in [4.78, 5) is 0. The molecule has 0 unspecified atom stereocenters. The lowest BCUT2D eigenvalue weighted by Gasteiger charge is -2.15. The molecule has 0 bridgehead atoms. The van der Waals surface area contributed by atoms with Crippen molar-refractivity contribution >= 4 is 90.4 Å². The fraction of sp³-hybridized carbons (Fsp3) is 0.0270. The van der Waals surface area contributed by atoms with Crippen molar-refractivity contribution in [2.24, 2.45) is 0 Å². The van der Waals surface area contributed by atoms with Gasteiger partial charge < -0.3 is 0 Å². The van der Waals surface area contributed by atoms with Crippen molar-refractivity contribution in [3.8, 4) is 44.5 Å². The Balaban J connectivity index is 1.23. The zero-order valence-electron chi connectivity index (χ0n) is 21.9. The van der Waals surface area contributed by atoms with Crippen LogP contribution in [0.25, 0.3) is 44.5 Å². The van der Waals surface area contributed by atoms with Gasteiger partial charge in [0.15, 0.2) is 0 Å². The maximum Gasteiger partial charge on any atom is 0.0345 e. The van der Waals surface area contributed by atoms with Gasteiger partial charge in [-0.15, -0.1) is 0 Å². The Hall–Kier alpha value is -1.76. The first-order valence-corrected chi connectivity index (χ1v) is 17.6. The molecule has 0 amide bonds. The minimum atomic E-state index is 0.920. The highest BCUT2D eigenvalue weighted by atomic mass is 127. The van der Waals surface area contributed by atoms with E-state index < -0.39 is 0 Å². The maximum absolute atomic E-state index is 2.53. The van der Waals surface area contributed by atoms with Crippen LogP contribution in [0.3, 0.4) is 0 Å². The zero-order chi connectivity index (χ0) is 28.3. The minimum absolute atomic E-state index is 0.920. The largest absolute Gasteiger partial charge is 0.0622 e. The third-order valence-corrected chi connectivity index (χ3v) is 14.1. The molecule has 0 saturated heterocycles. The number of halogens is 4. The molecule has 0 fully saturated rings. The Bertz CT molecular complexity index is 1670. The predicted octanol–water partition coefficient (Wildman–Crippen LogP) is 12.4. The van der Waals surface area contributed by atoms with Crippen LogP contribution in [0.1, 0.15) is 11.1 Å². The van der Waals surface area contributed by atoms with E-state index in [4.69, 9.17) is 0 Å². The molecule has 0 N–H and O–H groups in total. The third-order valence-electron chi connectivity index (χ3n) is 7.31. The molecule has 0 nitrogen and oxygen atoms in total. The minimum Gasteiger partial charge on any atom is -0.0622 e. The molecular weight excluding hydrogens is 952 g/mol. The lowest BCUT2D eigenvalue weighted by molar-refractivity contribution is 1.15. The summed E-state index contributed by atoms with van der Waals surface area (Å²) in [5.74, 6) is 0. The standard InChI is InChI=1S/C37H24I4/c38-34-30(19-21-32(36(34)40)28-15-11-26(12-16-28)24-7-3-1-4-8-24)23-31-20-22-33(37(41)35(31)39)29-17-13-27(14-18-29)25-9-5-2-6-10-25/h1-22H,23H2. The van der Waals surface area contributed by atoms with E-state index in [-0.39, 0.29) is 0 Å². The molecular formula is C37H24I4. The van der Waals surface area contributed by atoms with Crippen LogP contribution in [0.4, 0.5) is 0 Å². The van der Waals surface area contributed by atoms with Gasteiger partial charge in [-0.05, 0) is 152 Å². The summed E-state index contributed by atoms with van der Waals surface area (Å²) in [5.41, 5.74) is 12.8. The first kappa shape index (κ1) is 29.3. The molecule has 200 valence electrons. The van der Waals surface area contributed by atoms with Crippen LogP contribution >= 0.6 is 90.4 Å². The summed E-state index contributed by atoms with van der Waals surface area (Å²) in [5, 5.41) is 0. The smallest absolute Gasteiger partial charge is 0.0345 e. The lowest BCUT2D eigenvalue weighted by Crippen LogP contribution is -2.00. The number of hydrogen-bond donors (Lipinski definition) is 0. The van der Waals surface area contributed by atoms with E-state index in [0.29, 0.717) is 0 Å². The lowest BCUT2D eigenvalue weighted by atomic mass is 9.96. The van der Waals surface area contributed by atoms with E-state index in [9.17, 15) is 0 Å². The second kappa shape index (κ2) is 13.3. The van der Waals surface area contributed by atoms with Crippen LogP contribution in [0.5, 0.6) is 0 Å². The molecule has 4 heteroatoms. The molecule has 0 aliphatic carbocycles. The van der Waals surface area contributed by atoms with Crippen LogP contribution < -0.4 is 0 Å². The summed E-state index contributed by atoms with van der Waals surface area (Å²) in [7, 11) is 0. The van der Waals surface area contributed by atoms with E-state index in [1.807, 2.05) is 0 Å². The van der Waals surface area contributed by atoms with E-state index >= 15 is 0 Å². The molecule has 0 aromatic heterocycles. The first-order valence-electron chi connectivity index (χ1n) is 13.2. The monoisotopic (exact) mass is 976 g/mol. The number of rotatable bonds is 6. The van der Waals surface area contributed by atoms with Crippen molar-refractivity contribution in [2.45, 2.75) is 6.42 Å². The van der Waals surface area contributed by atoms with Crippen LogP contribution in [-0.4, -0.2) is 0 Å². The topological polar surface area (TPSA) is 0 Å². The molecule has 0 aliphatic rings. The summed E-state index contributed by atoms with van der Waals surface area (Å²) in [6, 6.07) is 48.2. The SMILES string of the molecule is Ic1c(Cc2ccc(-c3ccc(-c4ccccc4)cc3)c(I)c2I)ccc(-c2ccc(-c3ccccc3)cc2)c1I. The van der Waals surface area contributed by atoms with Crippen molar-refractivity contribution in [3.05, 3.63) is 159 Å². The van der Waals surface area contributed by atoms with Gasteiger partial charge in [-0.3, -0.25) is 0 Å². The average molecular weight is 976 g/mol. The zero-order valence-corrected chi connectivity index (χ0v) is 30.6. The fourth-order valence-electron chi connectivity index (χ4n) is 5.05. The molecule has 0 saturated carbocycles. The van der Waals surface area contributed by atoms with Crippen molar-refractivity contribution in [3.63, 3.8) is 0 Å². The van der Waals surface area contributed by atoms with Crippen molar-refractivity contribution in [2.75, 3.05) is 0 Å². The Kier molecular flexibility index (Phi) is 9.48. The Morgan fingerprint density at radius 1 is 0.293 bits per heavy atom. The van der Waals surface area contributed by atoms with Crippen molar-refractivity contribution < 1.29 is 0 Å². The molecule has 0 aliphatic heterocycles. The molecule has 6 rings (SSSR count). The van der Waals surface area contributed by atoms with Crippen LogP contribution in [0.15, 0.2) is 133 Å². The highest BCUT2D eigenvalue weighted by molar-refractivity contribution is 14.1. The maximum atomic E-state index is 2.53. The molecule has 6 aromatic carbocycles. The van der Waals surface area contributed by atoms with Gasteiger partial charge >= 0.3 is 0 Å².